The molecule has 0 fully saturated rings. The molecule has 2 nitrogen and oxygen atoms in total. The van der Waals surface area contributed by atoms with Gasteiger partial charge in [0, 0.05) is 6.61 Å². The number of rotatable bonds is 12. The first kappa shape index (κ1) is 15.9. The van der Waals surface area contributed by atoms with Crippen molar-refractivity contribution >= 4 is 0 Å². The highest BCUT2D eigenvalue weighted by Crippen LogP contribution is 2.05. The Hall–Kier alpha value is -0.0800. The van der Waals surface area contributed by atoms with Gasteiger partial charge in [0.1, 0.15) is 0 Å². The maximum Gasteiger partial charge on any atom is 0.0773 e. The summed E-state index contributed by atoms with van der Waals surface area (Å²) in [5.74, 6) is 0. The van der Waals surface area contributed by atoms with Crippen LogP contribution in [0.25, 0.3) is 0 Å². The molecule has 1 N–H and O–H groups in total. The fourth-order valence-corrected chi connectivity index (χ4v) is 1.73. The molecule has 0 aromatic heterocycles. The lowest BCUT2D eigenvalue weighted by molar-refractivity contribution is 0.0300. The van der Waals surface area contributed by atoms with Crippen molar-refractivity contribution in [3.05, 3.63) is 0 Å². The van der Waals surface area contributed by atoms with Crippen LogP contribution in [-0.4, -0.2) is 24.4 Å². The topological polar surface area (TPSA) is 29.5 Å². The van der Waals surface area contributed by atoms with Gasteiger partial charge in [0.15, 0.2) is 0 Å². The predicted octanol–water partition coefficient (Wildman–Crippen LogP) is 3.91. The summed E-state index contributed by atoms with van der Waals surface area (Å²) >= 11 is 0. The van der Waals surface area contributed by atoms with Crippen LogP contribution in [0, 0.1) is 0 Å². The molecule has 0 aliphatic heterocycles. The summed E-state index contributed by atoms with van der Waals surface area (Å²) in [6.07, 6.45) is 10.6. The van der Waals surface area contributed by atoms with Crippen LogP contribution in [0.4, 0.5) is 0 Å². The zero-order chi connectivity index (χ0) is 12.1. The summed E-state index contributed by atoms with van der Waals surface area (Å²) < 4.78 is 5.45. The van der Waals surface area contributed by atoms with E-state index in [2.05, 4.69) is 13.8 Å². The van der Waals surface area contributed by atoms with Crippen LogP contribution in [0.3, 0.4) is 0 Å². The first-order valence-electron chi connectivity index (χ1n) is 7.07. The molecule has 0 heterocycles. The molecule has 2 heteroatoms. The van der Waals surface area contributed by atoms with Gasteiger partial charge in [-0.05, 0) is 12.8 Å². The van der Waals surface area contributed by atoms with Gasteiger partial charge in [0.2, 0.25) is 0 Å². The summed E-state index contributed by atoms with van der Waals surface area (Å²) in [5, 5.41) is 9.53. The van der Waals surface area contributed by atoms with Crippen LogP contribution in [0.15, 0.2) is 0 Å². The van der Waals surface area contributed by atoms with Crippen LogP contribution in [0.2, 0.25) is 0 Å². The minimum Gasteiger partial charge on any atom is -0.391 e. The van der Waals surface area contributed by atoms with Gasteiger partial charge in [0.25, 0.3) is 0 Å². The van der Waals surface area contributed by atoms with Gasteiger partial charge in [-0.15, -0.1) is 0 Å². The van der Waals surface area contributed by atoms with Crippen LogP contribution in [0.5, 0.6) is 0 Å². The third-order valence-corrected chi connectivity index (χ3v) is 2.84. The van der Waals surface area contributed by atoms with Crippen molar-refractivity contribution in [2.24, 2.45) is 0 Å². The number of hydrogen-bond donors (Lipinski definition) is 1. The van der Waals surface area contributed by atoms with Gasteiger partial charge in [0.05, 0.1) is 12.7 Å². The second-order valence-corrected chi connectivity index (χ2v) is 4.64. The maximum atomic E-state index is 9.53. The zero-order valence-corrected chi connectivity index (χ0v) is 11.2. The van der Waals surface area contributed by atoms with Gasteiger partial charge >= 0.3 is 0 Å². The molecule has 16 heavy (non-hydrogen) atoms. The highest BCUT2D eigenvalue weighted by molar-refractivity contribution is 4.53. The Balaban J connectivity index is 3.02. The summed E-state index contributed by atoms with van der Waals surface area (Å²) in [7, 11) is 0. The van der Waals surface area contributed by atoms with Crippen LogP contribution >= 0.6 is 0 Å². The second kappa shape index (κ2) is 13.0. The van der Waals surface area contributed by atoms with Crippen LogP contribution in [0.1, 0.15) is 71.6 Å². The lowest BCUT2D eigenvalue weighted by atomic mass is 10.1. The van der Waals surface area contributed by atoms with E-state index in [0.717, 1.165) is 32.3 Å². The third kappa shape index (κ3) is 12.0. The van der Waals surface area contributed by atoms with E-state index < -0.39 is 0 Å². The Morgan fingerprint density at radius 1 is 0.875 bits per heavy atom. The second-order valence-electron chi connectivity index (χ2n) is 4.64. The van der Waals surface area contributed by atoms with E-state index in [4.69, 9.17) is 4.74 Å². The molecule has 0 saturated heterocycles. The summed E-state index contributed by atoms with van der Waals surface area (Å²) in [6.45, 7) is 5.72. The van der Waals surface area contributed by atoms with Gasteiger partial charge < -0.3 is 9.84 Å². The molecule has 0 rings (SSSR count). The van der Waals surface area contributed by atoms with Gasteiger partial charge in [-0.3, -0.25) is 0 Å². The van der Waals surface area contributed by atoms with E-state index in [1.54, 1.807) is 0 Å². The molecule has 0 amide bonds. The molecular formula is C14H30O2. The molecule has 0 aromatic carbocycles. The molecule has 1 atom stereocenters. The van der Waals surface area contributed by atoms with E-state index in [1.807, 2.05) is 0 Å². The van der Waals surface area contributed by atoms with Crippen molar-refractivity contribution in [1.82, 2.24) is 0 Å². The molecule has 0 bridgehead atoms. The molecule has 0 radical (unpaired) electrons. The molecule has 98 valence electrons. The fraction of sp³-hybridized carbons (Fsp3) is 1.00. The summed E-state index contributed by atoms with van der Waals surface area (Å²) in [4.78, 5) is 0. The molecule has 0 aliphatic rings. The minimum atomic E-state index is -0.250. The first-order chi connectivity index (χ1) is 7.81. The molecule has 0 spiro atoms. The van der Waals surface area contributed by atoms with E-state index in [1.165, 1.54) is 32.1 Å². The first-order valence-corrected chi connectivity index (χ1v) is 7.07. The highest BCUT2D eigenvalue weighted by atomic mass is 16.5. The average molecular weight is 230 g/mol. The summed E-state index contributed by atoms with van der Waals surface area (Å²) in [6, 6.07) is 0. The van der Waals surface area contributed by atoms with E-state index >= 15 is 0 Å². The van der Waals surface area contributed by atoms with Crippen molar-refractivity contribution in [3.8, 4) is 0 Å². The Labute approximate surface area is 101 Å². The van der Waals surface area contributed by atoms with Gasteiger partial charge in [-0.25, -0.2) is 0 Å². The number of hydrogen-bond acceptors (Lipinski definition) is 2. The highest BCUT2D eigenvalue weighted by Gasteiger charge is 2.02. The van der Waals surface area contributed by atoms with E-state index in [0.29, 0.717) is 6.61 Å². The Morgan fingerprint density at radius 3 is 2.19 bits per heavy atom. The SMILES string of the molecule is CCCCCCCCOCC(O)CCCC. The Morgan fingerprint density at radius 2 is 1.50 bits per heavy atom. The van der Waals surface area contributed by atoms with Crippen molar-refractivity contribution in [1.29, 1.82) is 0 Å². The number of aliphatic hydroxyl groups is 1. The average Bonchev–Trinajstić information content (AvgIpc) is 2.30. The summed E-state index contributed by atoms with van der Waals surface area (Å²) in [5.41, 5.74) is 0. The molecular weight excluding hydrogens is 200 g/mol. The zero-order valence-electron chi connectivity index (χ0n) is 11.2. The smallest absolute Gasteiger partial charge is 0.0773 e. The molecule has 0 aliphatic carbocycles. The lowest BCUT2D eigenvalue weighted by Crippen LogP contribution is -2.15. The van der Waals surface area contributed by atoms with Crippen molar-refractivity contribution in [2.45, 2.75) is 77.7 Å². The minimum absolute atomic E-state index is 0.250. The predicted molar refractivity (Wildman–Crippen MR) is 69.7 cm³/mol. The van der Waals surface area contributed by atoms with Crippen LogP contribution in [-0.2, 0) is 4.74 Å². The standard InChI is InChI=1S/C14H30O2/c1-3-5-7-8-9-10-12-16-13-14(15)11-6-4-2/h14-15H,3-13H2,1-2H3. The lowest BCUT2D eigenvalue weighted by Gasteiger charge is -2.10. The Bertz CT molecular complexity index is 126. The van der Waals surface area contributed by atoms with Crippen molar-refractivity contribution < 1.29 is 9.84 Å². The Kier molecular flexibility index (Phi) is 12.9. The van der Waals surface area contributed by atoms with E-state index in [9.17, 15) is 5.11 Å². The van der Waals surface area contributed by atoms with Gasteiger partial charge in [-0.1, -0.05) is 58.8 Å². The number of ether oxygens (including phenoxy) is 1. The maximum absolute atomic E-state index is 9.53. The molecule has 1 unspecified atom stereocenters. The number of aliphatic hydroxyl groups excluding tert-OH is 1. The normalized spacial score (nSPS) is 12.9. The van der Waals surface area contributed by atoms with Gasteiger partial charge in [-0.2, -0.15) is 0 Å². The third-order valence-electron chi connectivity index (χ3n) is 2.84. The molecule has 0 aromatic rings. The number of unbranched alkanes of at least 4 members (excludes halogenated alkanes) is 6. The fourth-order valence-electron chi connectivity index (χ4n) is 1.73. The van der Waals surface area contributed by atoms with Crippen LogP contribution < -0.4 is 0 Å². The van der Waals surface area contributed by atoms with Crippen molar-refractivity contribution in [2.75, 3.05) is 13.2 Å². The molecule has 0 saturated carbocycles. The largest absolute Gasteiger partial charge is 0.391 e. The quantitative estimate of drug-likeness (QED) is 0.515. The van der Waals surface area contributed by atoms with E-state index in [-0.39, 0.29) is 6.10 Å². The van der Waals surface area contributed by atoms with Crippen molar-refractivity contribution in [3.63, 3.8) is 0 Å². The monoisotopic (exact) mass is 230 g/mol.